The maximum Gasteiger partial charge on any atom is 0.253 e. The number of halogens is 3. The average molecular weight is 454 g/mol. The average Bonchev–Trinajstić information content (AvgIpc) is 3.28. The normalized spacial score (nSPS) is 23.5. The molecule has 1 aliphatic carbocycles. The summed E-state index contributed by atoms with van der Waals surface area (Å²) in [6.07, 6.45) is 2.61. The van der Waals surface area contributed by atoms with Crippen molar-refractivity contribution in [3.05, 3.63) is 35.0 Å². The van der Waals surface area contributed by atoms with Crippen LogP contribution in [0.25, 0.3) is 10.9 Å². The van der Waals surface area contributed by atoms with Crippen LogP contribution in [0, 0.1) is 0 Å². The lowest BCUT2D eigenvalue weighted by molar-refractivity contribution is -0.127. The minimum absolute atomic E-state index is 0.130. The minimum atomic E-state index is -2.93. The van der Waals surface area contributed by atoms with Gasteiger partial charge in [-0.2, -0.15) is 0 Å². The summed E-state index contributed by atoms with van der Waals surface area (Å²) >= 11 is 6.38. The standard InChI is InChI=1S/C22H26ClF2N3O3/c23-16-4-1-5-17-19(16)15(12-28(17)11-10-27-9-2-6-18(27)29)20(30)26-14-21(31)7-3-8-22(24,25)13-21/h1,4-5,12,31H,2-3,6-11,13-14H2,(H,26,30)/t21-/m1/s1. The number of carbonyl (C=O) groups excluding carboxylic acids is 2. The van der Waals surface area contributed by atoms with Gasteiger partial charge in [0.05, 0.1) is 21.7 Å². The highest BCUT2D eigenvalue weighted by Crippen LogP contribution is 2.39. The van der Waals surface area contributed by atoms with E-state index in [0.29, 0.717) is 35.5 Å². The number of hydrogen-bond donors (Lipinski definition) is 2. The predicted octanol–water partition coefficient (Wildman–Crippen LogP) is 3.59. The van der Waals surface area contributed by atoms with Crippen LogP contribution < -0.4 is 5.32 Å². The molecule has 2 fully saturated rings. The second-order valence-corrected chi connectivity index (χ2v) is 9.05. The number of fused-ring (bicyclic) bond motifs is 1. The molecule has 2 aromatic rings. The van der Waals surface area contributed by atoms with E-state index < -0.39 is 23.9 Å². The van der Waals surface area contributed by atoms with E-state index in [-0.39, 0.29) is 31.7 Å². The number of benzene rings is 1. The van der Waals surface area contributed by atoms with Crippen molar-refractivity contribution >= 4 is 34.3 Å². The fourth-order valence-corrected chi connectivity index (χ4v) is 4.93. The van der Waals surface area contributed by atoms with E-state index in [1.807, 2.05) is 10.6 Å². The number of hydrogen-bond acceptors (Lipinski definition) is 3. The number of likely N-dealkylation sites (tertiary alicyclic amines) is 1. The smallest absolute Gasteiger partial charge is 0.253 e. The van der Waals surface area contributed by atoms with Crippen LogP contribution in [0.2, 0.25) is 5.02 Å². The number of alkyl halides is 2. The summed E-state index contributed by atoms with van der Waals surface area (Å²) in [5, 5.41) is 14.1. The van der Waals surface area contributed by atoms with Crippen molar-refractivity contribution in [2.75, 3.05) is 19.6 Å². The topological polar surface area (TPSA) is 74.6 Å². The zero-order chi connectivity index (χ0) is 22.2. The van der Waals surface area contributed by atoms with E-state index in [4.69, 9.17) is 11.6 Å². The first-order valence-electron chi connectivity index (χ1n) is 10.6. The van der Waals surface area contributed by atoms with Crippen LogP contribution in [-0.2, 0) is 11.3 Å². The Kier molecular flexibility index (Phi) is 5.96. The third kappa shape index (κ3) is 4.70. The largest absolute Gasteiger partial charge is 0.388 e. The molecule has 1 aliphatic heterocycles. The molecule has 0 unspecified atom stereocenters. The zero-order valence-corrected chi connectivity index (χ0v) is 17.9. The first kappa shape index (κ1) is 22.0. The van der Waals surface area contributed by atoms with Gasteiger partial charge in [0, 0.05) is 57.0 Å². The summed E-state index contributed by atoms with van der Waals surface area (Å²) in [5.41, 5.74) is -0.554. The molecule has 168 valence electrons. The molecule has 2 N–H and O–H groups in total. The van der Waals surface area contributed by atoms with Crippen LogP contribution in [0.15, 0.2) is 24.4 Å². The van der Waals surface area contributed by atoms with Gasteiger partial charge in [0.25, 0.3) is 11.8 Å². The zero-order valence-electron chi connectivity index (χ0n) is 17.2. The van der Waals surface area contributed by atoms with E-state index in [1.165, 1.54) is 0 Å². The van der Waals surface area contributed by atoms with Crippen molar-refractivity contribution in [1.82, 2.24) is 14.8 Å². The molecule has 1 atom stereocenters. The lowest BCUT2D eigenvalue weighted by Gasteiger charge is -2.36. The quantitative estimate of drug-likeness (QED) is 0.702. The Morgan fingerprint density at radius 1 is 1.23 bits per heavy atom. The molecule has 31 heavy (non-hydrogen) atoms. The molecule has 4 rings (SSSR count). The molecular formula is C22H26ClF2N3O3. The molecule has 2 amide bonds. The molecule has 1 saturated carbocycles. The van der Waals surface area contributed by atoms with Crippen LogP contribution in [-0.4, -0.2) is 57.5 Å². The number of aliphatic hydroxyl groups is 1. The van der Waals surface area contributed by atoms with Gasteiger partial charge in [-0.25, -0.2) is 8.78 Å². The lowest BCUT2D eigenvalue weighted by atomic mass is 9.82. The van der Waals surface area contributed by atoms with E-state index in [1.54, 1.807) is 23.2 Å². The van der Waals surface area contributed by atoms with E-state index >= 15 is 0 Å². The van der Waals surface area contributed by atoms with Crippen LogP contribution in [0.4, 0.5) is 8.78 Å². The molecule has 6 nitrogen and oxygen atoms in total. The van der Waals surface area contributed by atoms with E-state index in [0.717, 1.165) is 18.5 Å². The van der Waals surface area contributed by atoms with Crippen LogP contribution >= 0.6 is 11.6 Å². The van der Waals surface area contributed by atoms with Crippen LogP contribution in [0.5, 0.6) is 0 Å². The maximum atomic E-state index is 13.7. The Labute approximate surface area is 184 Å². The minimum Gasteiger partial charge on any atom is -0.388 e. The number of aromatic nitrogens is 1. The summed E-state index contributed by atoms with van der Waals surface area (Å²) in [7, 11) is 0. The van der Waals surface area contributed by atoms with Crippen LogP contribution in [0.1, 0.15) is 48.9 Å². The molecule has 2 heterocycles. The van der Waals surface area contributed by atoms with Crippen molar-refractivity contribution < 1.29 is 23.5 Å². The Balaban J connectivity index is 1.52. The van der Waals surface area contributed by atoms with Gasteiger partial charge in [0.15, 0.2) is 0 Å². The molecular weight excluding hydrogens is 428 g/mol. The summed E-state index contributed by atoms with van der Waals surface area (Å²) in [4.78, 5) is 26.6. The Hall–Kier alpha value is -2.19. The summed E-state index contributed by atoms with van der Waals surface area (Å²) in [6.45, 7) is 1.52. The van der Waals surface area contributed by atoms with Gasteiger partial charge in [-0.15, -0.1) is 0 Å². The predicted molar refractivity (Wildman–Crippen MR) is 113 cm³/mol. The van der Waals surface area contributed by atoms with Gasteiger partial charge in [-0.3, -0.25) is 9.59 Å². The first-order valence-corrected chi connectivity index (χ1v) is 11.0. The Bertz CT molecular complexity index is 1010. The third-order valence-electron chi connectivity index (χ3n) is 6.23. The van der Waals surface area contributed by atoms with Crippen molar-refractivity contribution in [2.45, 2.75) is 56.6 Å². The van der Waals surface area contributed by atoms with Crippen molar-refractivity contribution in [1.29, 1.82) is 0 Å². The fourth-order valence-electron chi connectivity index (χ4n) is 4.66. The highest BCUT2D eigenvalue weighted by Gasteiger charge is 2.44. The second kappa shape index (κ2) is 8.39. The highest BCUT2D eigenvalue weighted by atomic mass is 35.5. The number of rotatable bonds is 6. The molecule has 1 saturated heterocycles. The van der Waals surface area contributed by atoms with Gasteiger partial charge in [0.2, 0.25) is 5.91 Å². The van der Waals surface area contributed by atoms with Gasteiger partial charge < -0.3 is 19.9 Å². The van der Waals surface area contributed by atoms with Crippen molar-refractivity contribution in [2.24, 2.45) is 0 Å². The lowest BCUT2D eigenvalue weighted by Crippen LogP contribution is -2.49. The van der Waals surface area contributed by atoms with Gasteiger partial charge in [-0.05, 0) is 31.4 Å². The Morgan fingerprint density at radius 2 is 2.03 bits per heavy atom. The molecule has 0 bridgehead atoms. The van der Waals surface area contributed by atoms with Crippen molar-refractivity contribution in [3.8, 4) is 0 Å². The number of nitrogens with zero attached hydrogens (tertiary/aromatic N) is 2. The van der Waals surface area contributed by atoms with Gasteiger partial charge in [0.1, 0.15) is 0 Å². The summed E-state index contributed by atoms with van der Waals surface area (Å²) in [6, 6.07) is 5.32. The molecule has 9 heteroatoms. The number of nitrogens with one attached hydrogen (secondary N) is 1. The van der Waals surface area contributed by atoms with Gasteiger partial charge >= 0.3 is 0 Å². The Morgan fingerprint density at radius 3 is 2.74 bits per heavy atom. The third-order valence-corrected chi connectivity index (χ3v) is 6.55. The van der Waals surface area contributed by atoms with Gasteiger partial charge in [-0.1, -0.05) is 17.7 Å². The van der Waals surface area contributed by atoms with Crippen LogP contribution in [0.3, 0.4) is 0 Å². The van der Waals surface area contributed by atoms with E-state index in [9.17, 15) is 23.5 Å². The summed E-state index contributed by atoms with van der Waals surface area (Å²) < 4.78 is 29.3. The molecule has 1 aromatic heterocycles. The molecule has 0 spiro atoms. The second-order valence-electron chi connectivity index (χ2n) is 8.65. The van der Waals surface area contributed by atoms with Crippen molar-refractivity contribution in [3.63, 3.8) is 0 Å². The number of amides is 2. The van der Waals surface area contributed by atoms with E-state index in [2.05, 4.69) is 5.32 Å². The highest BCUT2D eigenvalue weighted by molar-refractivity contribution is 6.36. The molecule has 2 aliphatic rings. The maximum absolute atomic E-state index is 13.7. The monoisotopic (exact) mass is 453 g/mol. The fraction of sp³-hybridized carbons (Fsp3) is 0.545. The SMILES string of the molecule is O=C(NC[C@@]1(O)CCCC(F)(F)C1)c1cn(CCN2CCCC2=O)c2cccc(Cl)c12. The molecule has 1 aromatic carbocycles. The first-order chi connectivity index (χ1) is 14.7. The molecule has 0 radical (unpaired) electrons. The number of carbonyl (C=O) groups is 2. The summed E-state index contributed by atoms with van der Waals surface area (Å²) in [5.74, 6) is -3.27.